The average molecular weight is 183 g/mol. The number of rotatable bonds is 2. The van der Waals surface area contributed by atoms with Gasteiger partial charge >= 0.3 is 0 Å². The third-order valence-corrected chi connectivity index (χ3v) is 1.99. The predicted octanol–water partition coefficient (Wildman–Crippen LogP) is 0.141. The molecule has 0 unspecified atom stereocenters. The molecule has 0 aliphatic rings. The summed E-state index contributed by atoms with van der Waals surface area (Å²) in [5, 5.41) is 7.31. The van der Waals surface area contributed by atoms with Crippen molar-refractivity contribution >= 4 is 23.0 Å². The fraction of sp³-hybridized carbons (Fsp3) is 0.167. The van der Waals surface area contributed by atoms with Crippen molar-refractivity contribution in [1.82, 2.24) is 4.98 Å². The molecule has 0 amide bonds. The summed E-state index contributed by atoms with van der Waals surface area (Å²) >= 11 is 1.49. The predicted molar refractivity (Wildman–Crippen MR) is 50.1 cm³/mol. The summed E-state index contributed by atoms with van der Waals surface area (Å²) in [6, 6.07) is 0. The summed E-state index contributed by atoms with van der Waals surface area (Å²) in [4.78, 5) is 4.86. The van der Waals surface area contributed by atoms with Gasteiger partial charge in [-0.2, -0.15) is 5.10 Å². The molecule has 0 atom stereocenters. The van der Waals surface area contributed by atoms with Crippen molar-refractivity contribution < 1.29 is 0 Å². The van der Waals surface area contributed by atoms with Crippen molar-refractivity contribution in [2.45, 2.75) is 6.92 Å². The average Bonchev–Trinajstić information content (AvgIpc) is 2.51. The molecule has 5 nitrogen and oxygen atoms in total. The van der Waals surface area contributed by atoms with Crippen LogP contribution >= 0.6 is 11.3 Å². The van der Waals surface area contributed by atoms with Crippen LogP contribution in [-0.4, -0.2) is 16.7 Å². The molecule has 0 saturated heterocycles. The molecule has 0 aliphatic heterocycles. The number of thiazole rings is 1. The van der Waals surface area contributed by atoms with Crippen LogP contribution in [0.1, 0.15) is 11.8 Å². The summed E-state index contributed by atoms with van der Waals surface area (Å²) in [6.07, 6.45) is 1.71. The maximum absolute atomic E-state index is 5.10. The second-order valence-electron chi connectivity index (χ2n) is 2.08. The fourth-order valence-corrected chi connectivity index (χ4v) is 1.14. The van der Waals surface area contributed by atoms with Gasteiger partial charge in [0.05, 0.1) is 16.1 Å². The Kier molecular flexibility index (Phi) is 2.76. The minimum absolute atomic E-state index is 0.0427. The molecule has 0 fully saturated rings. The molecular formula is C6H9N5S. The van der Waals surface area contributed by atoms with Crippen molar-refractivity contribution in [1.29, 1.82) is 0 Å². The molecule has 12 heavy (non-hydrogen) atoms. The molecule has 0 spiro atoms. The van der Waals surface area contributed by atoms with Crippen molar-refractivity contribution in [3.05, 3.63) is 16.6 Å². The van der Waals surface area contributed by atoms with Gasteiger partial charge in [-0.25, -0.2) is 0 Å². The SMILES string of the molecule is CC(=NN=C(N)N)c1cncs1. The van der Waals surface area contributed by atoms with Crippen LogP contribution in [-0.2, 0) is 0 Å². The van der Waals surface area contributed by atoms with E-state index >= 15 is 0 Å². The Bertz CT molecular complexity index is 296. The Morgan fingerprint density at radius 3 is 2.75 bits per heavy atom. The van der Waals surface area contributed by atoms with Gasteiger partial charge in [0.2, 0.25) is 5.96 Å². The minimum atomic E-state index is -0.0427. The monoisotopic (exact) mass is 183 g/mol. The van der Waals surface area contributed by atoms with E-state index in [1.807, 2.05) is 6.92 Å². The standard InChI is InChI=1S/C6H9N5S/c1-4(10-11-6(7)8)5-2-9-3-12-5/h2-3H,1H3,(H4,7,8,11). The Morgan fingerprint density at radius 2 is 2.25 bits per heavy atom. The zero-order valence-electron chi connectivity index (χ0n) is 6.56. The molecule has 1 aromatic heterocycles. The molecule has 0 bridgehead atoms. The van der Waals surface area contributed by atoms with E-state index in [9.17, 15) is 0 Å². The molecule has 6 heteroatoms. The van der Waals surface area contributed by atoms with E-state index in [2.05, 4.69) is 15.2 Å². The lowest BCUT2D eigenvalue weighted by Crippen LogP contribution is -2.22. The molecular weight excluding hydrogens is 174 g/mol. The highest BCUT2D eigenvalue weighted by molar-refractivity contribution is 7.11. The summed E-state index contributed by atoms with van der Waals surface area (Å²) in [7, 11) is 0. The van der Waals surface area contributed by atoms with E-state index in [0.29, 0.717) is 0 Å². The molecule has 0 radical (unpaired) electrons. The Morgan fingerprint density at radius 1 is 1.50 bits per heavy atom. The van der Waals surface area contributed by atoms with E-state index in [0.717, 1.165) is 10.6 Å². The third-order valence-electron chi connectivity index (χ3n) is 1.10. The van der Waals surface area contributed by atoms with Crippen LogP contribution in [0, 0.1) is 0 Å². The summed E-state index contributed by atoms with van der Waals surface area (Å²) in [6.45, 7) is 1.82. The van der Waals surface area contributed by atoms with E-state index in [4.69, 9.17) is 11.5 Å². The zero-order valence-corrected chi connectivity index (χ0v) is 7.38. The van der Waals surface area contributed by atoms with E-state index in [-0.39, 0.29) is 5.96 Å². The lowest BCUT2D eigenvalue weighted by atomic mass is 10.4. The molecule has 64 valence electrons. The van der Waals surface area contributed by atoms with Crippen LogP contribution in [0.5, 0.6) is 0 Å². The molecule has 0 aliphatic carbocycles. The van der Waals surface area contributed by atoms with Crippen LogP contribution in [0.15, 0.2) is 21.9 Å². The smallest absolute Gasteiger partial charge is 0.211 e. The first-order chi connectivity index (χ1) is 5.70. The van der Waals surface area contributed by atoms with Gasteiger partial charge in [-0.3, -0.25) is 4.98 Å². The Balaban J connectivity index is 2.78. The quantitative estimate of drug-likeness (QED) is 0.388. The maximum Gasteiger partial charge on any atom is 0.211 e. The van der Waals surface area contributed by atoms with Crippen LogP contribution < -0.4 is 11.5 Å². The highest BCUT2D eigenvalue weighted by atomic mass is 32.1. The molecule has 0 saturated carbocycles. The van der Waals surface area contributed by atoms with Crippen LogP contribution in [0.25, 0.3) is 0 Å². The third kappa shape index (κ3) is 2.31. The van der Waals surface area contributed by atoms with Gasteiger partial charge in [0, 0.05) is 6.20 Å². The Hall–Kier alpha value is -1.43. The topological polar surface area (TPSA) is 89.6 Å². The minimum Gasteiger partial charge on any atom is -0.369 e. The summed E-state index contributed by atoms with van der Waals surface area (Å²) < 4.78 is 0. The number of nitrogens with zero attached hydrogens (tertiary/aromatic N) is 3. The van der Waals surface area contributed by atoms with Gasteiger partial charge in [-0.15, -0.1) is 16.4 Å². The summed E-state index contributed by atoms with van der Waals surface area (Å²) in [5.74, 6) is -0.0427. The molecule has 1 aromatic rings. The lowest BCUT2D eigenvalue weighted by molar-refractivity contribution is 1.20. The Labute approximate surface area is 73.8 Å². The van der Waals surface area contributed by atoms with Crippen molar-refractivity contribution in [3.63, 3.8) is 0 Å². The molecule has 1 rings (SSSR count). The van der Waals surface area contributed by atoms with Gasteiger partial charge < -0.3 is 11.5 Å². The van der Waals surface area contributed by atoms with Gasteiger partial charge in [0.1, 0.15) is 0 Å². The lowest BCUT2D eigenvalue weighted by Gasteiger charge is -1.90. The van der Waals surface area contributed by atoms with Gasteiger partial charge in [-0.1, -0.05) is 0 Å². The van der Waals surface area contributed by atoms with Crippen LogP contribution in [0.2, 0.25) is 0 Å². The number of nitrogens with two attached hydrogens (primary N) is 2. The highest BCUT2D eigenvalue weighted by Gasteiger charge is 1.97. The number of hydrogen-bond donors (Lipinski definition) is 2. The number of aromatic nitrogens is 1. The van der Waals surface area contributed by atoms with Gasteiger partial charge in [-0.05, 0) is 6.92 Å². The summed E-state index contributed by atoms with van der Waals surface area (Å²) in [5.41, 5.74) is 12.7. The first-order valence-electron chi connectivity index (χ1n) is 3.22. The first kappa shape index (κ1) is 8.66. The van der Waals surface area contributed by atoms with Gasteiger partial charge in [0.25, 0.3) is 0 Å². The maximum atomic E-state index is 5.10. The van der Waals surface area contributed by atoms with E-state index in [1.54, 1.807) is 11.7 Å². The van der Waals surface area contributed by atoms with Crippen LogP contribution in [0.4, 0.5) is 0 Å². The fourth-order valence-electron chi connectivity index (χ4n) is 0.576. The second kappa shape index (κ2) is 3.82. The molecule has 0 aromatic carbocycles. The van der Waals surface area contributed by atoms with Crippen LogP contribution in [0.3, 0.4) is 0 Å². The first-order valence-corrected chi connectivity index (χ1v) is 4.10. The number of guanidine groups is 1. The highest BCUT2D eigenvalue weighted by Crippen LogP contribution is 2.06. The number of hydrogen-bond acceptors (Lipinski definition) is 4. The van der Waals surface area contributed by atoms with Crippen molar-refractivity contribution in [2.75, 3.05) is 0 Å². The van der Waals surface area contributed by atoms with E-state index < -0.39 is 0 Å². The van der Waals surface area contributed by atoms with E-state index in [1.165, 1.54) is 11.3 Å². The van der Waals surface area contributed by atoms with Crippen molar-refractivity contribution in [3.8, 4) is 0 Å². The largest absolute Gasteiger partial charge is 0.369 e. The molecule has 4 N–H and O–H groups in total. The molecule has 1 heterocycles. The normalized spacial score (nSPS) is 11.2. The van der Waals surface area contributed by atoms with Gasteiger partial charge in [0.15, 0.2) is 0 Å². The zero-order chi connectivity index (χ0) is 8.97. The van der Waals surface area contributed by atoms with Crippen molar-refractivity contribution in [2.24, 2.45) is 21.7 Å². The second-order valence-corrected chi connectivity index (χ2v) is 2.96.